The Bertz CT molecular complexity index is 2900. The molecular formula is C52H35NS. The molecule has 0 spiro atoms. The van der Waals surface area contributed by atoms with Crippen LogP contribution in [0.5, 0.6) is 0 Å². The molecule has 0 atom stereocenters. The molecule has 0 unspecified atom stereocenters. The van der Waals surface area contributed by atoms with E-state index >= 15 is 0 Å². The van der Waals surface area contributed by atoms with E-state index in [2.05, 4.69) is 217 Å². The molecule has 2 heteroatoms. The molecule has 54 heavy (non-hydrogen) atoms. The third kappa shape index (κ3) is 6.03. The average molecular weight is 706 g/mol. The zero-order valence-electron chi connectivity index (χ0n) is 29.6. The van der Waals surface area contributed by atoms with Gasteiger partial charge in [-0.2, -0.15) is 0 Å². The molecule has 1 nitrogen and oxygen atoms in total. The van der Waals surface area contributed by atoms with E-state index in [1.54, 1.807) is 0 Å². The molecule has 0 fully saturated rings. The van der Waals surface area contributed by atoms with Crippen LogP contribution in [-0.2, 0) is 0 Å². The van der Waals surface area contributed by atoms with Crippen LogP contribution in [0.3, 0.4) is 0 Å². The van der Waals surface area contributed by atoms with Gasteiger partial charge in [-0.3, -0.25) is 0 Å². The summed E-state index contributed by atoms with van der Waals surface area (Å²) in [6.07, 6.45) is 0. The number of thiophene rings is 1. The minimum atomic E-state index is 1.12. The first-order valence-electron chi connectivity index (χ1n) is 18.4. The number of fused-ring (bicyclic) bond motifs is 4. The van der Waals surface area contributed by atoms with Gasteiger partial charge in [0.2, 0.25) is 0 Å². The molecular weight excluding hydrogens is 671 g/mol. The number of hydrogen-bond donors (Lipinski definition) is 0. The van der Waals surface area contributed by atoms with Crippen LogP contribution >= 0.6 is 11.3 Å². The van der Waals surface area contributed by atoms with Gasteiger partial charge in [0.05, 0.1) is 0 Å². The van der Waals surface area contributed by atoms with Gasteiger partial charge in [-0.1, -0.05) is 146 Å². The monoisotopic (exact) mass is 705 g/mol. The maximum Gasteiger partial charge on any atom is 0.0462 e. The lowest BCUT2D eigenvalue weighted by molar-refractivity contribution is 1.28. The summed E-state index contributed by atoms with van der Waals surface area (Å²) in [4.78, 5) is 2.33. The van der Waals surface area contributed by atoms with Crippen molar-refractivity contribution in [3.63, 3.8) is 0 Å². The second kappa shape index (κ2) is 13.7. The molecule has 10 aromatic rings. The Morgan fingerprint density at radius 1 is 0.259 bits per heavy atom. The molecule has 0 aliphatic carbocycles. The van der Waals surface area contributed by atoms with Crippen molar-refractivity contribution in [1.29, 1.82) is 0 Å². The van der Waals surface area contributed by atoms with E-state index in [-0.39, 0.29) is 0 Å². The lowest BCUT2D eigenvalue weighted by Crippen LogP contribution is -2.09. The van der Waals surface area contributed by atoms with E-state index in [4.69, 9.17) is 0 Å². The van der Waals surface area contributed by atoms with Crippen molar-refractivity contribution >= 4 is 59.3 Å². The van der Waals surface area contributed by atoms with E-state index in [1.807, 2.05) is 11.3 Å². The van der Waals surface area contributed by atoms with E-state index in [1.165, 1.54) is 75.5 Å². The first kappa shape index (κ1) is 32.0. The summed E-state index contributed by atoms with van der Waals surface area (Å²) >= 11 is 1.86. The van der Waals surface area contributed by atoms with Gasteiger partial charge in [-0.15, -0.1) is 11.3 Å². The van der Waals surface area contributed by atoms with Gasteiger partial charge in [0.1, 0.15) is 0 Å². The fourth-order valence-corrected chi connectivity index (χ4v) is 8.72. The Kier molecular flexibility index (Phi) is 8.09. The Balaban J connectivity index is 0.915. The first-order valence-corrected chi connectivity index (χ1v) is 19.2. The number of para-hydroxylation sites is 1. The molecule has 9 aromatic carbocycles. The molecule has 1 heterocycles. The summed E-state index contributed by atoms with van der Waals surface area (Å²) in [5, 5.41) is 5.18. The number of benzene rings is 9. The van der Waals surface area contributed by atoms with Crippen LogP contribution in [-0.4, -0.2) is 0 Å². The SMILES string of the molecule is c1ccc(N(c2ccc(-c3ccc(-c4cccc(-c5ccc6ccccc6c5)c4)cc3)cc2)c2ccc(-c3ccc4sc5ccccc5c4c3)cc2)cc1. The Morgan fingerprint density at radius 3 is 1.43 bits per heavy atom. The lowest BCUT2D eigenvalue weighted by atomic mass is 9.96. The summed E-state index contributed by atoms with van der Waals surface area (Å²) in [7, 11) is 0. The third-order valence-electron chi connectivity index (χ3n) is 10.5. The normalized spacial score (nSPS) is 11.3. The molecule has 10 rings (SSSR count). The van der Waals surface area contributed by atoms with Gasteiger partial charge in [0.15, 0.2) is 0 Å². The van der Waals surface area contributed by atoms with Crippen molar-refractivity contribution < 1.29 is 0 Å². The maximum absolute atomic E-state index is 2.34. The maximum atomic E-state index is 2.34. The second-order valence-electron chi connectivity index (χ2n) is 13.8. The molecule has 0 aliphatic heterocycles. The molecule has 254 valence electrons. The highest BCUT2D eigenvalue weighted by Gasteiger charge is 2.14. The molecule has 0 aliphatic rings. The minimum Gasteiger partial charge on any atom is -0.311 e. The fourth-order valence-electron chi connectivity index (χ4n) is 7.64. The zero-order valence-corrected chi connectivity index (χ0v) is 30.4. The van der Waals surface area contributed by atoms with Crippen LogP contribution in [0.25, 0.3) is 75.5 Å². The van der Waals surface area contributed by atoms with Crippen LogP contribution in [0, 0.1) is 0 Å². The van der Waals surface area contributed by atoms with E-state index < -0.39 is 0 Å². The molecule has 0 bridgehead atoms. The largest absolute Gasteiger partial charge is 0.311 e. The Hall–Kier alpha value is -6.74. The molecule has 0 radical (unpaired) electrons. The van der Waals surface area contributed by atoms with Gasteiger partial charge >= 0.3 is 0 Å². The van der Waals surface area contributed by atoms with Crippen molar-refractivity contribution in [3.05, 3.63) is 212 Å². The smallest absolute Gasteiger partial charge is 0.0462 e. The van der Waals surface area contributed by atoms with Gasteiger partial charge in [0.25, 0.3) is 0 Å². The van der Waals surface area contributed by atoms with Crippen molar-refractivity contribution in [2.45, 2.75) is 0 Å². The number of rotatable bonds is 7. The fraction of sp³-hybridized carbons (Fsp3) is 0. The van der Waals surface area contributed by atoms with E-state index in [0.29, 0.717) is 0 Å². The van der Waals surface area contributed by atoms with Gasteiger partial charge in [-0.25, -0.2) is 0 Å². The van der Waals surface area contributed by atoms with E-state index in [0.717, 1.165) is 17.1 Å². The van der Waals surface area contributed by atoms with Crippen LogP contribution in [0.4, 0.5) is 17.1 Å². The number of hydrogen-bond acceptors (Lipinski definition) is 2. The van der Waals surface area contributed by atoms with Crippen LogP contribution in [0.1, 0.15) is 0 Å². The Morgan fingerprint density at radius 2 is 0.722 bits per heavy atom. The third-order valence-corrected chi connectivity index (χ3v) is 11.6. The minimum absolute atomic E-state index is 1.12. The van der Waals surface area contributed by atoms with E-state index in [9.17, 15) is 0 Å². The summed E-state index contributed by atoms with van der Waals surface area (Å²) in [6.45, 7) is 0. The van der Waals surface area contributed by atoms with Gasteiger partial charge in [0, 0.05) is 37.2 Å². The summed E-state index contributed by atoms with van der Waals surface area (Å²) < 4.78 is 2.66. The molecule has 0 amide bonds. The Labute approximate surface area is 319 Å². The highest BCUT2D eigenvalue weighted by Crippen LogP contribution is 2.39. The molecule has 0 saturated carbocycles. The predicted molar refractivity (Wildman–Crippen MR) is 233 cm³/mol. The molecule has 0 N–H and O–H groups in total. The van der Waals surface area contributed by atoms with Crippen molar-refractivity contribution in [2.75, 3.05) is 4.90 Å². The molecule has 1 aromatic heterocycles. The highest BCUT2D eigenvalue weighted by molar-refractivity contribution is 7.25. The highest BCUT2D eigenvalue weighted by atomic mass is 32.1. The average Bonchev–Trinajstić information content (AvgIpc) is 3.63. The summed E-state index contributed by atoms with van der Waals surface area (Å²) in [6, 6.07) is 77.1. The van der Waals surface area contributed by atoms with Crippen LogP contribution in [0.15, 0.2) is 212 Å². The van der Waals surface area contributed by atoms with Gasteiger partial charge in [-0.05, 0) is 122 Å². The standard InChI is InChI=1S/C52H35NS/c1-2-13-46(14-3-1)53(48-30-25-40(26-31-48)45-27-32-52-50(35-45)49-15-6-7-16-51(49)54-52)47-28-23-38(24-29-47)37-17-19-39(20-18-37)42-11-8-12-43(33-42)44-22-21-36-9-4-5-10-41(36)34-44/h1-35H. The van der Waals surface area contributed by atoms with Crippen molar-refractivity contribution in [3.8, 4) is 44.5 Å². The summed E-state index contributed by atoms with van der Waals surface area (Å²) in [5.41, 5.74) is 13.1. The van der Waals surface area contributed by atoms with Crippen molar-refractivity contribution in [1.82, 2.24) is 0 Å². The van der Waals surface area contributed by atoms with Crippen molar-refractivity contribution in [2.24, 2.45) is 0 Å². The second-order valence-corrected chi connectivity index (χ2v) is 14.9. The number of anilines is 3. The first-order chi connectivity index (χ1) is 26.7. The quantitative estimate of drug-likeness (QED) is 0.160. The predicted octanol–water partition coefficient (Wildman–Crippen LogP) is 15.3. The van der Waals surface area contributed by atoms with Gasteiger partial charge < -0.3 is 4.90 Å². The molecule has 0 saturated heterocycles. The lowest BCUT2D eigenvalue weighted by Gasteiger charge is -2.26. The van der Waals surface area contributed by atoms with Crippen LogP contribution in [0.2, 0.25) is 0 Å². The zero-order chi connectivity index (χ0) is 35.8. The number of nitrogens with zero attached hydrogens (tertiary/aromatic N) is 1. The summed E-state index contributed by atoms with van der Waals surface area (Å²) in [5.74, 6) is 0. The topological polar surface area (TPSA) is 3.24 Å². The van der Waals surface area contributed by atoms with Crippen LogP contribution < -0.4 is 4.90 Å².